The Bertz CT molecular complexity index is 742. The Morgan fingerprint density at radius 3 is 2.81 bits per heavy atom. The fraction of sp³-hybridized carbons (Fsp3) is 0.294. The molecule has 1 saturated carbocycles. The molecule has 0 atom stereocenters. The summed E-state index contributed by atoms with van der Waals surface area (Å²) in [7, 11) is 1.61. The second-order valence-corrected chi connectivity index (χ2v) is 5.18. The van der Waals surface area contributed by atoms with Gasteiger partial charge in [-0.1, -0.05) is 12.1 Å². The highest BCUT2D eigenvalue weighted by molar-refractivity contribution is 5.90. The molecule has 0 N–H and O–H groups in total. The van der Waals surface area contributed by atoms with E-state index in [9.17, 15) is 10.1 Å². The number of hydrogen-bond acceptors (Lipinski definition) is 4. The number of esters is 1. The van der Waals surface area contributed by atoms with E-state index in [1.165, 1.54) is 0 Å². The molecule has 4 nitrogen and oxygen atoms in total. The number of carbonyl (C=O) groups is 1. The van der Waals surface area contributed by atoms with E-state index in [0.717, 1.165) is 34.9 Å². The van der Waals surface area contributed by atoms with Crippen molar-refractivity contribution in [1.82, 2.24) is 0 Å². The van der Waals surface area contributed by atoms with Crippen LogP contribution in [0.25, 0.3) is 10.8 Å². The first-order valence-corrected chi connectivity index (χ1v) is 6.89. The molecule has 1 aliphatic carbocycles. The smallest absolute Gasteiger partial charge is 0.309 e. The number of methoxy groups -OCH3 is 1. The van der Waals surface area contributed by atoms with E-state index >= 15 is 0 Å². The first kappa shape index (κ1) is 13.4. The van der Waals surface area contributed by atoms with Crippen LogP contribution in [-0.4, -0.2) is 13.1 Å². The normalized spacial score (nSPS) is 13.7. The van der Waals surface area contributed by atoms with Gasteiger partial charge in [0.2, 0.25) is 0 Å². The van der Waals surface area contributed by atoms with Crippen LogP contribution in [0.1, 0.15) is 24.0 Å². The van der Waals surface area contributed by atoms with Gasteiger partial charge in [-0.3, -0.25) is 4.79 Å². The molecule has 21 heavy (non-hydrogen) atoms. The average Bonchev–Trinajstić information content (AvgIpc) is 3.36. The maximum absolute atomic E-state index is 11.6. The van der Waals surface area contributed by atoms with Gasteiger partial charge in [-0.15, -0.1) is 0 Å². The zero-order chi connectivity index (χ0) is 14.8. The summed E-state index contributed by atoms with van der Waals surface area (Å²) in [6.45, 7) is 0.153. The van der Waals surface area contributed by atoms with Gasteiger partial charge in [-0.2, -0.15) is 5.26 Å². The van der Waals surface area contributed by atoms with Crippen molar-refractivity contribution in [3.8, 4) is 11.8 Å². The SMILES string of the molecule is COc1ccc2c(C#N)c(COC(=O)C3CC3)ccc2c1. The summed E-state index contributed by atoms with van der Waals surface area (Å²) < 4.78 is 10.5. The molecule has 0 aliphatic heterocycles. The summed E-state index contributed by atoms with van der Waals surface area (Å²) >= 11 is 0. The Morgan fingerprint density at radius 2 is 2.14 bits per heavy atom. The van der Waals surface area contributed by atoms with Crippen LogP contribution >= 0.6 is 0 Å². The van der Waals surface area contributed by atoms with Crippen LogP contribution in [0.3, 0.4) is 0 Å². The van der Waals surface area contributed by atoms with Gasteiger partial charge < -0.3 is 9.47 Å². The number of carbonyl (C=O) groups excluding carboxylic acids is 1. The molecule has 0 radical (unpaired) electrons. The lowest BCUT2D eigenvalue weighted by molar-refractivity contribution is -0.146. The highest BCUT2D eigenvalue weighted by atomic mass is 16.5. The number of hydrogen-bond donors (Lipinski definition) is 0. The zero-order valence-corrected chi connectivity index (χ0v) is 11.8. The first-order valence-electron chi connectivity index (χ1n) is 6.89. The molecule has 2 aromatic rings. The van der Waals surface area contributed by atoms with Crippen molar-refractivity contribution >= 4 is 16.7 Å². The molecule has 1 aliphatic rings. The Labute approximate surface area is 122 Å². The standard InChI is InChI=1S/C17H15NO3/c1-20-14-6-7-15-12(8-14)4-5-13(16(15)9-18)10-21-17(19)11-2-3-11/h4-8,11H,2-3,10H2,1H3. The molecule has 3 rings (SSSR count). The lowest BCUT2D eigenvalue weighted by atomic mass is 10.00. The van der Waals surface area contributed by atoms with Crippen LogP contribution in [0.5, 0.6) is 5.75 Å². The third-order valence-electron chi connectivity index (χ3n) is 3.71. The summed E-state index contributed by atoms with van der Waals surface area (Å²) in [4.78, 5) is 11.6. The molecule has 0 amide bonds. The predicted octanol–water partition coefficient (Wildman–Crippen LogP) is 3.17. The third kappa shape index (κ3) is 2.68. The number of rotatable bonds is 4. The second kappa shape index (κ2) is 5.45. The molecule has 1 fully saturated rings. The van der Waals surface area contributed by atoms with E-state index in [-0.39, 0.29) is 18.5 Å². The van der Waals surface area contributed by atoms with Crippen molar-refractivity contribution in [2.45, 2.75) is 19.4 Å². The highest BCUT2D eigenvalue weighted by Gasteiger charge is 2.31. The Balaban J connectivity index is 1.91. The van der Waals surface area contributed by atoms with Gasteiger partial charge in [0.05, 0.1) is 18.6 Å². The van der Waals surface area contributed by atoms with E-state index in [1.54, 1.807) is 7.11 Å². The highest BCUT2D eigenvalue weighted by Crippen LogP contribution is 2.31. The van der Waals surface area contributed by atoms with E-state index < -0.39 is 0 Å². The minimum Gasteiger partial charge on any atom is -0.497 e. The molecular weight excluding hydrogens is 266 g/mol. The predicted molar refractivity (Wildman–Crippen MR) is 77.7 cm³/mol. The van der Waals surface area contributed by atoms with Crippen LogP contribution in [0.2, 0.25) is 0 Å². The molecule has 0 aromatic heterocycles. The molecule has 0 saturated heterocycles. The minimum absolute atomic E-state index is 0.0697. The molecule has 0 bridgehead atoms. The maximum atomic E-state index is 11.6. The Hall–Kier alpha value is -2.54. The van der Waals surface area contributed by atoms with Crippen molar-refractivity contribution in [2.24, 2.45) is 5.92 Å². The number of benzene rings is 2. The van der Waals surface area contributed by atoms with Crippen molar-refractivity contribution in [2.75, 3.05) is 7.11 Å². The zero-order valence-electron chi connectivity index (χ0n) is 11.8. The summed E-state index contributed by atoms with van der Waals surface area (Å²) in [5.74, 6) is 0.660. The van der Waals surface area contributed by atoms with E-state index in [1.807, 2.05) is 30.3 Å². The van der Waals surface area contributed by atoms with Gasteiger partial charge in [-0.25, -0.2) is 0 Å². The van der Waals surface area contributed by atoms with E-state index in [4.69, 9.17) is 9.47 Å². The lowest BCUT2D eigenvalue weighted by Gasteiger charge is -2.09. The number of fused-ring (bicyclic) bond motifs is 1. The topological polar surface area (TPSA) is 59.3 Å². The summed E-state index contributed by atoms with van der Waals surface area (Å²) in [5.41, 5.74) is 1.29. The third-order valence-corrected chi connectivity index (χ3v) is 3.71. The monoisotopic (exact) mass is 281 g/mol. The molecular formula is C17H15NO3. The van der Waals surface area contributed by atoms with Gasteiger partial charge in [0.25, 0.3) is 0 Å². The average molecular weight is 281 g/mol. The van der Waals surface area contributed by atoms with Crippen LogP contribution < -0.4 is 4.74 Å². The van der Waals surface area contributed by atoms with E-state index in [0.29, 0.717) is 5.56 Å². The van der Waals surface area contributed by atoms with Crippen molar-refractivity contribution < 1.29 is 14.3 Å². The Morgan fingerprint density at radius 1 is 1.33 bits per heavy atom. The lowest BCUT2D eigenvalue weighted by Crippen LogP contribution is -2.07. The maximum Gasteiger partial charge on any atom is 0.309 e. The van der Waals surface area contributed by atoms with Crippen LogP contribution in [-0.2, 0) is 16.1 Å². The molecule has 2 aromatic carbocycles. The molecule has 0 spiro atoms. The quantitative estimate of drug-likeness (QED) is 0.808. The summed E-state index contributed by atoms with van der Waals surface area (Å²) in [6, 6.07) is 11.5. The second-order valence-electron chi connectivity index (χ2n) is 5.18. The number of ether oxygens (including phenoxy) is 2. The van der Waals surface area contributed by atoms with Gasteiger partial charge in [-0.05, 0) is 36.4 Å². The fourth-order valence-electron chi connectivity index (χ4n) is 2.32. The van der Waals surface area contributed by atoms with Crippen LogP contribution in [0.15, 0.2) is 30.3 Å². The van der Waals surface area contributed by atoms with E-state index in [2.05, 4.69) is 6.07 Å². The summed E-state index contributed by atoms with van der Waals surface area (Å²) in [5, 5.41) is 11.2. The minimum atomic E-state index is -0.159. The molecule has 4 heteroatoms. The number of nitriles is 1. The fourth-order valence-corrected chi connectivity index (χ4v) is 2.32. The number of nitrogens with zero attached hydrogens (tertiary/aromatic N) is 1. The van der Waals surface area contributed by atoms with Gasteiger partial charge in [0.15, 0.2) is 0 Å². The summed E-state index contributed by atoms with van der Waals surface area (Å²) in [6.07, 6.45) is 1.84. The van der Waals surface area contributed by atoms with Crippen molar-refractivity contribution in [3.63, 3.8) is 0 Å². The first-order chi connectivity index (χ1) is 10.2. The van der Waals surface area contributed by atoms with Crippen molar-refractivity contribution in [1.29, 1.82) is 5.26 Å². The largest absolute Gasteiger partial charge is 0.497 e. The van der Waals surface area contributed by atoms with Crippen molar-refractivity contribution in [3.05, 3.63) is 41.5 Å². The molecule has 0 unspecified atom stereocenters. The van der Waals surface area contributed by atoms with Gasteiger partial charge >= 0.3 is 5.97 Å². The van der Waals surface area contributed by atoms with Crippen LogP contribution in [0.4, 0.5) is 0 Å². The van der Waals surface area contributed by atoms with Gasteiger partial charge in [0, 0.05) is 10.9 Å². The molecule has 106 valence electrons. The Kier molecular flexibility index (Phi) is 3.49. The van der Waals surface area contributed by atoms with Gasteiger partial charge in [0.1, 0.15) is 18.4 Å². The van der Waals surface area contributed by atoms with Crippen LogP contribution in [0, 0.1) is 17.2 Å². The molecule has 0 heterocycles.